The maximum absolute atomic E-state index is 13.5. The van der Waals surface area contributed by atoms with E-state index in [0.717, 1.165) is 44.0 Å². The summed E-state index contributed by atoms with van der Waals surface area (Å²) in [5, 5.41) is 3.32. The first-order valence-electron chi connectivity index (χ1n) is 10.7. The molecule has 0 unspecified atom stereocenters. The van der Waals surface area contributed by atoms with Crippen LogP contribution < -0.4 is 10.1 Å². The monoisotopic (exact) mass is 556 g/mol. The average Bonchev–Trinajstić information content (AvgIpc) is 2.78. The molecule has 9 heteroatoms. The fourth-order valence-electron chi connectivity index (χ4n) is 3.45. The molecule has 1 aliphatic rings. The summed E-state index contributed by atoms with van der Waals surface area (Å²) < 4.78 is 24.4. The van der Waals surface area contributed by atoms with Crippen LogP contribution in [0.2, 0.25) is 0 Å². The van der Waals surface area contributed by atoms with Crippen molar-refractivity contribution in [3.63, 3.8) is 0 Å². The standard InChI is InChI=1S/C23H29FN4O3.HI/c1-3-25-23(28-13-10-17(11-14-28)22(29)30-4-2)27-16-18-7-6-12-26-21(18)31-20-9-5-8-19(24)15-20;/h5-9,12,15,17H,3-4,10-11,13-14,16H2,1-2H3,(H,25,27);1H. The van der Waals surface area contributed by atoms with Crippen LogP contribution in [0.3, 0.4) is 0 Å². The number of nitrogens with one attached hydrogen (secondary N) is 1. The summed E-state index contributed by atoms with van der Waals surface area (Å²) in [4.78, 5) is 23.2. The van der Waals surface area contributed by atoms with Gasteiger partial charge in [0.1, 0.15) is 11.6 Å². The van der Waals surface area contributed by atoms with Gasteiger partial charge in [0, 0.05) is 37.5 Å². The van der Waals surface area contributed by atoms with Gasteiger partial charge in [-0.15, -0.1) is 24.0 Å². The zero-order valence-corrected chi connectivity index (χ0v) is 20.8. The smallest absolute Gasteiger partial charge is 0.309 e. The van der Waals surface area contributed by atoms with Crippen molar-refractivity contribution in [1.82, 2.24) is 15.2 Å². The van der Waals surface area contributed by atoms with E-state index in [0.29, 0.717) is 24.8 Å². The second-order valence-electron chi connectivity index (χ2n) is 7.21. The van der Waals surface area contributed by atoms with Gasteiger partial charge < -0.3 is 19.7 Å². The second-order valence-corrected chi connectivity index (χ2v) is 7.21. The lowest BCUT2D eigenvalue weighted by atomic mass is 9.97. The normalized spacial score (nSPS) is 14.5. The van der Waals surface area contributed by atoms with Crippen LogP contribution in [-0.4, -0.2) is 48.1 Å². The molecule has 174 valence electrons. The highest BCUT2D eigenvalue weighted by molar-refractivity contribution is 14.0. The predicted octanol–water partition coefficient (Wildman–Crippen LogP) is 4.37. The van der Waals surface area contributed by atoms with Crippen molar-refractivity contribution in [1.29, 1.82) is 0 Å². The average molecular weight is 556 g/mol. The van der Waals surface area contributed by atoms with E-state index in [9.17, 15) is 9.18 Å². The Labute approximate surface area is 205 Å². The molecule has 0 amide bonds. The van der Waals surface area contributed by atoms with Crippen LogP contribution in [0.1, 0.15) is 32.3 Å². The van der Waals surface area contributed by atoms with Crippen molar-refractivity contribution >= 4 is 35.9 Å². The third-order valence-electron chi connectivity index (χ3n) is 5.01. The van der Waals surface area contributed by atoms with Crippen LogP contribution in [0.5, 0.6) is 11.6 Å². The minimum absolute atomic E-state index is 0. The number of rotatable bonds is 7. The number of halogens is 2. The van der Waals surface area contributed by atoms with Gasteiger partial charge in [-0.1, -0.05) is 12.1 Å². The Bertz CT molecular complexity index is 904. The lowest BCUT2D eigenvalue weighted by molar-refractivity contribution is -0.149. The Kier molecular flexibility index (Phi) is 10.6. The summed E-state index contributed by atoms with van der Waals surface area (Å²) in [6.45, 7) is 6.81. The lowest BCUT2D eigenvalue weighted by Crippen LogP contribution is -2.46. The first-order valence-corrected chi connectivity index (χ1v) is 10.7. The van der Waals surface area contributed by atoms with Crippen molar-refractivity contribution in [2.75, 3.05) is 26.2 Å². The summed E-state index contributed by atoms with van der Waals surface area (Å²) in [5.41, 5.74) is 0.795. The SMILES string of the molecule is CCNC(=NCc1cccnc1Oc1cccc(F)c1)N1CCC(C(=O)OCC)CC1.I. The largest absolute Gasteiger partial charge is 0.466 e. The van der Waals surface area contributed by atoms with Crippen molar-refractivity contribution < 1.29 is 18.7 Å². The molecule has 2 aromatic rings. The molecular formula is C23H30FIN4O3. The highest BCUT2D eigenvalue weighted by Gasteiger charge is 2.27. The van der Waals surface area contributed by atoms with Gasteiger partial charge in [-0.05, 0) is 44.9 Å². The molecule has 1 aromatic heterocycles. The van der Waals surface area contributed by atoms with Crippen molar-refractivity contribution in [2.24, 2.45) is 10.9 Å². The molecule has 0 saturated carbocycles. The van der Waals surface area contributed by atoms with E-state index in [-0.39, 0.29) is 41.7 Å². The van der Waals surface area contributed by atoms with E-state index in [2.05, 4.69) is 15.2 Å². The molecular weight excluding hydrogens is 526 g/mol. The Morgan fingerprint density at radius 1 is 1.25 bits per heavy atom. The molecule has 0 aliphatic carbocycles. The second kappa shape index (κ2) is 13.2. The van der Waals surface area contributed by atoms with Gasteiger partial charge in [-0.25, -0.2) is 14.4 Å². The first-order chi connectivity index (χ1) is 15.1. The predicted molar refractivity (Wildman–Crippen MR) is 132 cm³/mol. The number of carbonyl (C=O) groups is 1. The molecule has 0 radical (unpaired) electrons. The molecule has 2 heterocycles. The number of hydrogen-bond donors (Lipinski definition) is 1. The van der Waals surface area contributed by atoms with Gasteiger partial charge in [0.15, 0.2) is 5.96 Å². The number of guanidine groups is 1. The third-order valence-corrected chi connectivity index (χ3v) is 5.01. The number of aromatic nitrogens is 1. The Hall–Kier alpha value is -2.43. The molecule has 1 aromatic carbocycles. The summed E-state index contributed by atoms with van der Waals surface area (Å²) >= 11 is 0. The topological polar surface area (TPSA) is 76.1 Å². The minimum atomic E-state index is -0.367. The molecule has 1 N–H and O–H groups in total. The van der Waals surface area contributed by atoms with Crippen LogP contribution in [0.15, 0.2) is 47.6 Å². The van der Waals surface area contributed by atoms with Gasteiger partial charge in [0.2, 0.25) is 5.88 Å². The van der Waals surface area contributed by atoms with E-state index in [1.54, 1.807) is 18.3 Å². The summed E-state index contributed by atoms with van der Waals surface area (Å²) in [7, 11) is 0. The maximum atomic E-state index is 13.5. The van der Waals surface area contributed by atoms with Crippen LogP contribution in [-0.2, 0) is 16.1 Å². The van der Waals surface area contributed by atoms with Crippen LogP contribution in [0.25, 0.3) is 0 Å². The molecule has 1 saturated heterocycles. The first kappa shape index (κ1) is 25.8. The van der Waals surface area contributed by atoms with Gasteiger partial charge >= 0.3 is 5.97 Å². The molecule has 0 atom stereocenters. The number of esters is 1. The van der Waals surface area contributed by atoms with Gasteiger partial charge in [-0.2, -0.15) is 0 Å². The van der Waals surface area contributed by atoms with Crippen LogP contribution in [0.4, 0.5) is 4.39 Å². The number of nitrogens with zero attached hydrogens (tertiary/aromatic N) is 3. The number of carbonyl (C=O) groups excluding carboxylic acids is 1. The fraction of sp³-hybridized carbons (Fsp3) is 0.435. The number of likely N-dealkylation sites (tertiary alicyclic amines) is 1. The summed E-state index contributed by atoms with van der Waals surface area (Å²) in [5.74, 6) is 1.03. The number of benzene rings is 1. The van der Waals surface area contributed by atoms with Crippen LogP contribution >= 0.6 is 24.0 Å². The highest BCUT2D eigenvalue weighted by atomic mass is 127. The maximum Gasteiger partial charge on any atom is 0.309 e. The lowest BCUT2D eigenvalue weighted by Gasteiger charge is -2.33. The number of hydrogen-bond acceptors (Lipinski definition) is 5. The van der Waals surface area contributed by atoms with E-state index < -0.39 is 0 Å². The summed E-state index contributed by atoms with van der Waals surface area (Å²) in [6.07, 6.45) is 3.11. The van der Waals surface area contributed by atoms with Crippen molar-refractivity contribution in [3.05, 3.63) is 54.0 Å². The van der Waals surface area contributed by atoms with Gasteiger partial charge in [0.25, 0.3) is 0 Å². The Morgan fingerprint density at radius 2 is 2.03 bits per heavy atom. The molecule has 0 bridgehead atoms. The van der Waals surface area contributed by atoms with Crippen LogP contribution in [0, 0.1) is 11.7 Å². The van der Waals surface area contributed by atoms with E-state index in [4.69, 9.17) is 14.5 Å². The highest BCUT2D eigenvalue weighted by Crippen LogP contribution is 2.24. The van der Waals surface area contributed by atoms with E-state index in [1.165, 1.54) is 12.1 Å². The Morgan fingerprint density at radius 3 is 2.72 bits per heavy atom. The number of ether oxygens (including phenoxy) is 2. The zero-order chi connectivity index (χ0) is 22.1. The fourth-order valence-corrected chi connectivity index (χ4v) is 3.45. The zero-order valence-electron chi connectivity index (χ0n) is 18.4. The Balaban J connectivity index is 0.00000363. The third kappa shape index (κ3) is 7.32. The minimum Gasteiger partial charge on any atom is -0.466 e. The van der Waals surface area contributed by atoms with Crippen molar-refractivity contribution in [3.8, 4) is 11.6 Å². The molecule has 7 nitrogen and oxygen atoms in total. The van der Waals surface area contributed by atoms with Crippen molar-refractivity contribution in [2.45, 2.75) is 33.2 Å². The number of aliphatic imine (C=N–C) groups is 1. The molecule has 1 aliphatic heterocycles. The van der Waals surface area contributed by atoms with Gasteiger partial charge in [0.05, 0.1) is 19.1 Å². The summed E-state index contributed by atoms with van der Waals surface area (Å²) in [6, 6.07) is 9.67. The quantitative estimate of drug-likeness (QED) is 0.236. The molecule has 3 rings (SSSR count). The molecule has 32 heavy (non-hydrogen) atoms. The van der Waals surface area contributed by atoms with Gasteiger partial charge in [-0.3, -0.25) is 4.79 Å². The number of pyridine rings is 1. The molecule has 0 spiro atoms. The van der Waals surface area contributed by atoms with E-state index >= 15 is 0 Å². The molecule has 1 fully saturated rings. The van der Waals surface area contributed by atoms with E-state index in [1.807, 2.05) is 26.0 Å². The number of piperidine rings is 1.